The minimum Gasteiger partial charge on any atom is -0.0761 e. The lowest BCUT2D eigenvalue weighted by molar-refractivity contribution is 0.0488. The predicted molar refractivity (Wildman–Crippen MR) is 85.1 cm³/mol. The van der Waals surface area contributed by atoms with Crippen LogP contribution in [-0.2, 0) is 0 Å². The Bertz CT molecular complexity index is 392. The van der Waals surface area contributed by atoms with Crippen LogP contribution in [0.1, 0.15) is 73.6 Å². The van der Waals surface area contributed by atoms with Crippen molar-refractivity contribution >= 4 is 0 Å². The normalized spacial score (nSPS) is 35.3. The predicted octanol–water partition coefficient (Wildman–Crippen LogP) is 6.14. The summed E-state index contributed by atoms with van der Waals surface area (Å²) in [7, 11) is 0. The third-order valence-corrected chi connectivity index (χ3v) is 5.76. The highest BCUT2D eigenvalue weighted by Crippen LogP contribution is 2.56. The number of hydrogen-bond donors (Lipinski definition) is 0. The number of hydrogen-bond acceptors (Lipinski definition) is 0. The van der Waals surface area contributed by atoms with E-state index in [1.807, 2.05) is 0 Å². The molecule has 2 aliphatic rings. The number of fused-ring (bicyclic) bond motifs is 1. The van der Waals surface area contributed by atoms with Crippen LogP contribution in [0, 0.1) is 23.2 Å². The molecule has 19 heavy (non-hydrogen) atoms. The lowest BCUT2D eigenvalue weighted by Crippen LogP contribution is -2.42. The van der Waals surface area contributed by atoms with Crippen LogP contribution in [0.5, 0.6) is 0 Å². The molecule has 0 aromatic carbocycles. The average molecular weight is 260 g/mol. The monoisotopic (exact) mass is 260 g/mol. The molecule has 0 spiro atoms. The Morgan fingerprint density at radius 1 is 1.26 bits per heavy atom. The summed E-state index contributed by atoms with van der Waals surface area (Å²) in [4.78, 5) is 0. The van der Waals surface area contributed by atoms with Gasteiger partial charge in [-0.3, -0.25) is 0 Å². The van der Waals surface area contributed by atoms with Crippen molar-refractivity contribution in [3.05, 3.63) is 22.8 Å². The molecule has 3 unspecified atom stereocenters. The second kappa shape index (κ2) is 5.46. The Balaban J connectivity index is 2.42. The van der Waals surface area contributed by atoms with Crippen LogP contribution in [0.25, 0.3) is 0 Å². The molecular formula is C19H32. The summed E-state index contributed by atoms with van der Waals surface area (Å²) in [5, 5.41) is 0. The van der Waals surface area contributed by atoms with Crippen molar-refractivity contribution in [3.63, 3.8) is 0 Å². The average Bonchev–Trinajstić information content (AvgIpc) is 2.32. The molecule has 1 fully saturated rings. The molecule has 0 heterocycles. The maximum absolute atomic E-state index is 2.56. The van der Waals surface area contributed by atoms with Gasteiger partial charge < -0.3 is 0 Å². The van der Waals surface area contributed by atoms with Gasteiger partial charge in [0, 0.05) is 0 Å². The fourth-order valence-corrected chi connectivity index (χ4v) is 4.80. The molecule has 0 aromatic heterocycles. The van der Waals surface area contributed by atoms with Crippen molar-refractivity contribution in [2.45, 2.75) is 73.6 Å². The van der Waals surface area contributed by atoms with E-state index >= 15 is 0 Å². The minimum atomic E-state index is 0.451. The van der Waals surface area contributed by atoms with E-state index in [-0.39, 0.29) is 0 Å². The minimum absolute atomic E-state index is 0.451. The van der Waals surface area contributed by atoms with Crippen LogP contribution in [0.15, 0.2) is 22.8 Å². The first-order valence-electron chi connectivity index (χ1n) is 8.21. The van der Waals surface area contributed by atoms with E-state index in [1.54, 1.807) is 11.1 Å². The van der Waals surface area contributed by atoms with Crippen molar-refractivity contribution in [1.29, 1.82) is 0 Å². The summed E-state index contributed by atoms with van der Waals surface area (Å²) in [5.74, 6) is 2.69. The van der Waals surface area contributed by atoms with Gasteiger partial charge in [0.1, 0.15) is 0 Å². The van der Waals surface area contributed by atoms with E-state index in [4.69, 9.17) is 0 Å². The van der Waals surface area contributed by atoms with Gasteiger partial charge in [0.2, 0.25) is 0 Å². The quantitative estimate of drug-likeness (QED) is 0.559. The van der Waals surface area contributed by atoms with Crippen molar-refractivity contribution in [3.8, 4) is 0 Å². The summed E-state index contributed by atoms with van der Waals surface area (Å²) in [6, 6.07) is 0. The Kier molecular flexibility index (Phi) is 4.28. The van der Waals surface area contributed by atoms with Crippen LogP contribution < -0.4 is 0 Å². The highest BCUT2D eigenvalue weighted by Gasteiger charge is 2.46. The summed E-state index contributed by atoms with van der Waals surface area (Å²) < 4.78 is 0. The summed E-state index contributed by atoms with van der Waals surface area (Å²) in [6.45, 7) is 14.3. The number of rotatable bonds is 2. The van der Waals surface area contributed by atoms with Crippen LogP contribution >= 0.6 is 0 Å². The molecule has 2 rings (SSSR count). The van der Waals surface area contributed by atoms with E-state index in [9.17, 15) is 0 Å². The molecule has 0 aromatic rings. The van der Waals surface area contributed by atoms with Gasteiger partial charge in [0.25, 0.3) is 0 Å². The first-order chi connectivity index (χ1) is 8.86. The molecule has 0 saturated heterocycles. The summed E-state index contributed by atoms with van der Waals surface area (Å²) >= 11 is 0. The highest BCUT2D eigenvalue weighted by atomic mass is 14.5. The van der Waals surface area contributed by atoms with E-state index < -0.39 is 0 Å². The third kappa shape index (κ3) is 2.69. The van der Waals surface area contributed by atoms with Gasteiger partial charge in [-0.05, 0) is 75.2 Å². The zero-order chi connectivity index (χ0) is 14.2. The van der Waals surface area contributed by atoms with Crippen molar-refractivity contribution in [2.24, 2.45) is 23.2 Å². The largest absolute Gasteiger partial charge is 0.0761 e. The molecule has 108 valence electrons. The molecule has 0 amide bonds. The molecule has 0 radical (unpaired) electrons. The van der Waals surface area contributed by atoms with Gasteiger partial charge in [-0.25, -0.2) is 0 Å². The van der Waals surface area contributed by atoms with E-state index in [0.29, 0.717) is 5.41 Å². The van der Waals surface area contributed by atoms with Crippen molar-refractivity contribution < 1.29 is 0 Å². The van der Waals surface area contributed by atoms with Gasteiger partial charge in [-0.15, -0.1) is 0 Å². The molecule has 0 N–H and O–H groups in total. The van der Waals surface area contributed by atoms with Gasteiger partial charge in [-0.2, -0.15) is 0 Å². The zero-order valence-electron chi connectivity index (χ0n) is 13.8. The highest BCUT2D eigenvalue weighted by molar-refractivity contribution is 5.36. The molecular weight excluding hydrogens is 228 g/mol. The first-order valence-corrected chi connectivity index (χ1v) is 8.21. The maximum atomic E-state index is 2.56. The summed E-state index contributed by atoms with van der Waals surface area (Å²) in [5.41, 5.74) is 5.26. The van der Waals surface area contributed by atoms with Gasteiger partial charge in [0.05, 0.1) is 0 Å². The number of allylic oxidation sites excluding steroid dienone is 4. The standard InChI is InChI=1S/C19H32/c1-13(2)12-18-15(5)9-10-17-16(14(3)4)8-7-11-19(17,18)6/h12,14,16-17H,7-11H2,1-6H3. The van der Waals surface area contributed by atoms with Gasteiger partial charge in [0.15, 0.2) is 0 Å². The van der Waals surface area contributed by atoms with E-state index in [1.165, 1.54) is 37.7 Å². The van der Waals surface area contributed by atoms with E-state index in [2.05, 4.69) is 47.6 Å². The van der Waals surface area contributed by atoms with Crippen LogP contribution in [-0.4, -0.2) is 0 Å². The van der Waals surface area contributed by atoms with Crippen molar-refractivity contribution in [1.82, 2.24) is 0 Å². The SMILES string of the molecule is CC(C)=CC1=C(C)CCC2C(C(C)C)CCCC12C. The lowest BCUT2D eigenvalue weighted by atomic mass is 9.53. The molecule has 0 aliphatic heterocycles. The molecule has 0 heteroatoms. The Hall–Kier alpha value is -0.520. The summed E-state index contributed by atoms with van der Waals surface area (Å²) in [6.07, 6.45) is 9.51. The second-order valence-electron chi connectivity index (χ2n) is 7.78. The van der Waals surface area contributed by atoms with Gasteiger partial charge in [-0.1, -0.05) is 44.4 Å². The topological polar surface area (TPSA) is 0 Å². The Morgan fingerprint density at radius 3 is 2.53 bits per heavy atom. The smallest absolute Gasteiger partial charge is 0.00447 e. The molecule has 2 aliphatic carbocycles. The molecule has 0 bridgehead atoms. The van der Waals surface area contributed by atoms with Crippen LogP contribution in [0.2, 0.25) is 0 Å². The zero-order valence-corrected chi connectivity index (χ0v) is 13.8. The van der Waals surface area contributed by atoms with Crippen LogP contribution in [0.3, 0.4) is 0 Å². The Labute approximate surface area is 120 Å². The lowest BCUT2D eigenvalue weighted by Gasteiger charge is -2.52. The second-order valence-corrected chi connectivity index (χ2v) is 7.78. The third-order valence-electron chi connectivity index (χ3n) is 5.76. The van der Waals surface area contributed by atoms with Gasteiger partial charge >= 0.3 is 0 Å². The fourth-order valence-electron chi connectivity index (χ4n) is 4.80. The fraction of sp³-hybridized carbons (Fsp3) is 0.789. The molecule has 3 atom stereocenters. The van der Waals surface area contributed by atoms with Crippen LogP contribution in [0.4, 0.5) is 0 Å². The molecule has 1 saturated carbocycles. The first kappa shape index (κ1) is 14.9. The molecule has 0 nitrogen and oxygen atoms in total. The van der Waals surface area contributed by atoms with E-state index in [0.717, 1.165) is 17.8 Å². The maximum Gasteiger partial charge on any atom is -0.00447 e. The Morgan fingerprint density at radius 2 is 1.95 bits per heavy atom. The van der Waals surface area contributed by atoms with Crippen molar-refractivity contribution in [2.75, 3.05) is 0 Å².